The van der Waals surface area contributed by atoms with Crippen molar-refractivity contribution in [3.05, 3.63) is 23.6 Å². The first-order chi connectivity index (χ1) is 6.88. The zero-order chi connectivity index (χ0) is 9.80. The minimum atomic E-state index is 0.375. The molecule has 76 valence electrons. The van der Waals surface area contributed by atoms with Crippen LogP contribution < -0.4 is 5.32 Å². The Morgan fingerprint density at radius 3 is 2.71 bits per heavy atom. The molecule has 0 aromatic rings. The summed E-state index contributed by atoms with van der Waals surface area (Å²) in [7, 11) is 0. The molecule has 0 bridgehead atoms. The number of aldehydes is 1. The van der Waals surface area contributed by atoms with Gasteiger partial charge in [0.25, 0.3) is 0 Å². The van der Waals surface area contributed by atoms with Crippen molar-refractivity contribution in [2.75, 3.05) is 6.54 Å². The van der Waals surface area contributed by atoms with Crippen molar-refractivity contribution in [3.63, 3.8) is 0 Å². The monoisotopic (exact) mass is 193 g/mol. The lowest BCUT2D eigenvalue weighted by Gasteiger charge is -2.19. The van der Waals surface area contributed by atoms with Crippen molar-refractivity contribution < 1.29 is 9.53 Å². The van der Waals surface area contributed by atoms with E-state index >= 15 is 0 Å². The Kier molecular flexibility index (Phi) is 2.87. The van der Waals surface area contributed by atoms with Gasteiger partial charge < -0.3 is 10.1 Å². The first-order valence-corrected chi connectivity index (χ1v) is 5.15. The number of nitrogens with one attached hydrogen (secondary N) is 1. The predicted molar refractivity (Wildman–Crippen MR) is 53.6 cm³/mol. The van der Waals surface area contributed by atoms with Gasteiger partial charge >= 0.3 is 0 Å². The molecule has 0 aromatic carbocycles. The van der Waals surface area contributed by atoms with Crippen LogP contribution in [0.15, 0.2) is 23.6 Å². The van der Waals surface area contributed by atoms with Crippen LogP contribution in [0.1, 0.15) is 25.7 Å². The molecule has 0 radical (unpaired) electrons. The number of rotatable bonds is 3. The number of carbonyl (C=O) groups excluding carboxylic acids is 1. The lowest BCUT2D eigenvalue weighted by molar-refractivity contribution is -0.105. The van der Waals surface area contributed by atoms with Gasteiger partial charge in [0.05, 0.1) is 0 Å². The van der Waals surface area contributed by atoms with E-state index < -0.39 is 0 Å². The van der Waals surface area contributed by atoms with Crippen LogP contribution in [-0.4, -0.2) is 18.9 Å². The normalized spacial score (nSPS) is 22.3. The zero-order valence-electron chi connectivity index (χ0n) is 8.16. The molecular weight excluding hydrogens is 178 g/mol. The largest absolute Gasteiger partial charge is 0.476 e. The van der Waals surface area contributed by atoms with Gasteiger partial charge in [0.2, 0.25) is 0 Å². The Balaban J connectivity index is 1.89. The lowest BCUT2D eigenvalue weighted by Crippen LogP contribution is -2.24. The average molecular weight is 193 g/mol. The fourth-order valence-corrected chi connectivity index (χ4v) is 1.84. The number of carbonyl (C=O) groups is 1. The highest BCUT2D eigenvalue weighted by molar-refractivity contribution is 5.74. The molecule has 1 aliphatic carbocycles. The van der Waals surface area contributed by atoms with Gasteiger partial charge in [0.1, 0.15) is 12.4 Å². The number of dihydropyridines is 1. The number of hydrogen-bond acceptors (Lipinski definition) is 3. The van der Waals surface area contributed by atoms with Gasteiger partial charge in [-0.3, -0.25) is 4.79 Å². The van der Waals surface area contributed by atoms with E-state index in [0.29, 0.717) is 12.6 Å². The molecule has 0 spiro atoms. The van der Waals surface area contributed by atoms with Crippen LogP contribution in [0.4, 0.5) is 0 Å². The van der Waals surface area contributed by atoms with E-state index in [1.807, 2.05) is 12.2 Å². The summed E-state index contributed by atoms with van der Waals surface area (Å²) in [6.45, 7) is 0.585. The first kappa shape index (κ1) is 9.31. The average Bonchev–Trinajstić information content (AvgIpc) is 2.72. The molecule has 1 fully saturated rings. The maximum atomic E-state index is 10.4. The van der Waals surface area contributed by atoms with E-state index in [-0.39, 0.29) is 0 Å². The van der Waals surface area contributed by atoms with Gasteiger partial charge in [-0.25, -0.2) is 0 Å². The highest BCUT2D eigenvalue weighted by Gasteiger charge is 2.18. The SMILES string of the molecule is O=CC1=CC=C(OC2CCCC2)NC1. The molecule has 3 nitrogen and oxygen atoms in total. The molecule has 0 saturated heterocycles. The van der Waals surface area contributed by atoms with Crippen molar-refractivity contribution in [2.45, 2.75) is 31.8 Å². The van der Waals surface area contributed by atoms with Gasteiger partial charge in [0.15, 0.2) is 5.88 Å². The third-order valence-electron chi connectivity index (χ3n) is 2.66. The molecule has 0 aromatic heterocycles. The van der Waals surface area contributed by atoms with Crippen molar-refractivity contribution in [1.29, 1.82) is 0 Å². The molecule has 1 N–H and O–H groups in total. The number of allylic oxidation sites excluding steroid dienone is 2. The second kappa shape index (κ2) is 4.31. The summed E-state index contributed by atoms with van der Waals surface area (Å²) in [6.07, 6.45) is 9.75. The Morgan fingerprint density at radius 2 is 2.14 bits per heavy atom. The molecule has 1 aliphatic heterocycles. The van der Waals surface area contributed by atoms with Crippen LogP contribution in [0.2, 0.25) is 0 Å². The minimum absolute atomic E-state index is 0.375. The summed E-state index contributed by atoms with van der Waals surface area (Å²) in [4.78, 5) is 10.4. The van der Waals surface area contributed by atoms with Crippen molar-refractivity contribution >= 4 is 6.29 Å². The van der Waals surface area contributed by atoms with Gasteiger partial charge in [-0.05, 0) is 37.8 Å². The van der Waals surface area contributed by atoms with Crippen LogP contribution >= 0.6 is 0 Å². The molecule has 1 heterocycles. The number of ether oxygens (including phenoxy) is 1. The Morgan fingerprint density at radius 1 is 1.36 bits per heavy atom. The van der Waals surface area contributed by atoms with E-state index in [1.54, 1.807) is 0 Å². The van der Waals surface area contributed by atoms with E-state index in [9.17, 15) is 4.79 Å². The molecule has 3 heteroatoms. The van der Waals surface area contributed by atoms with Crippen LogP contribution in [0.5, 0.6) is 0 Å². The summed E-state index contributed by atoms with van der Waals surface area (Å²) < 4.78 is 5.73. The third-order valence-corrected chi connectivity index (χ3v) is 2.66. The maximum absolute atomic E-state index is 10.4. The molecule has 2 aliphatic rings. The van der Waals surface area contributed by atoms with E-state index in [1.165, 1.54) is 12.8 Å². The van der Waals surface area contributed by atoms with Gasteiger partial charge in [-0.1, -0.05) is 0 Å². The Bertz CT molecular complexity index is 275. The second-order valence-corrected chi connectivity index (χ2v) is 3.77. The molecule has 1 saturated carbocycles. The van der Waals surface area contributed by atoms with E-state index in [4.69, 9.17) is 4.74 Å². The van der Waals surface area contributed by atoms with Gasteiger partial charge in [0, 0.05) is 12.1 Å². The Hall–Kier alpha value is -1.25. The summed E-state index contributed by atoms with van der Waals surface area (Å²) in [5.41, 5.74) is 0.767. The predicted octanol–water partition coefficient (Wildman–Crippen LogP) is 1.52. The summed E-state index contributed by atoms with van der Waals surface area (Å²) in [5.74, 6) is 0.808. The van der Waals surface area contributed by atoms with E-state index in [0.717, 1.165) is 30.6 Å². The standard InChI is InChI=1S/C11H15NO2/c13-8-9-5-6-11(12-7-9)14-10-3-1-2-4-10/h5-6,8,10,12H,1-4,7H2. The fourth-order valence-electron chi connectivity index (χ4n) is 1.84. The maximum Gasteiger partial charge on any atom is 0.187 e. The molecule has 0 unspecified atom stereocenters. The van der Waals surface area contributed by atoms with Crippen LogP contribution in [0.3, 0.4) is 0 Å². The van der Waals surface area contributed by atoms with Crippen LogP contribution in [0, 0.1) is 0 Å². The van der Waals surface area contributed by atoms with Crippen molar-refractivity contribution in [2.24, 2.45) is 0 Å². The highest BCUT2D eigenvalue weighted by atomic mass is 16.5. The minimum Gasteiger partial charge on any atom is -0.476 e. The first-order valence-electron chi connectivity index (χ1n) is 5.15. The molecule has 0 amide bonds. The topological polar surface area (TPSA) is 38.3 Å². The Labute approximate surface area is 83.8 Å². The smallest absolute Gasteiger partial charge is 0.187 e. The summed E-state index contributed by atoms with van der Waals surface area (Å²) in [5, 5.41) is 3.09. The highest BCUT2D eigenvalue weighted by Crippen LogP contribution is 2.23. The summed E-state index contributed by atoms with van der Waals surface area (Å²) >= 11 is 0. The fraction of sp³-hybridized carbons (Fsp3) is 0.545. The third kappa shape index (κ3) is 2.16. The molecule has 0 atom stereocenters. The van der Waals surface area contributed by atoms with Crippen LogP contribution in [0.25, 0.3) is 0 Å². The van der Waals surface area contributed by atoms with E-state index in [2.05, 4.69) is 5.32 Å². The zero-order valence-corrected chi connectivity index (χ0v) is 8.16. The van der Waals surface area contributed by atoms with Crippen molar-refractivity contribution in [1.82, 2.24) is 5.32 Å². The lowest BCUT2D eigenvalue weighted by atomic mass is 10.2. The van der Waals surface area contributed by atoms with Gasteiger partial charge in [-0.15, -0.1) is 0 Å². The molecule has 2 rings (SSSR count). The molecular formula is C11H15NO2. The molecule has 14 heavy (non-hydrogen) atoms. The second-order valence-electron chi connectivity index (χ2n) is 3.77. The quantitative estimate of drug-likeness (QED) is 0.690. The van der Waals surface area contributed by atoms with Crippen molar-refractivity contribution in [3.8, 4) is 0 Å². The summed E-state index contributed by atoms with van der Waals surface area (Å²) in [6, 6.07) is 0. The van der Waals surface area contributed by atoms with Gasteiger partial charge in [-0.2, -0.15) is 0 Å². The van der Waals surface area contributed by atoms with Crippen LogP contribution in [-0.2, 0) is 9.53 Å². The number of hydrogen-bond donors (Lipinski definition) is 1.